The van der Waals surface area contributed by atoms with Crippen molar-refractivity contribution in [2.24, 2.45) is 0 Å². The zero-order valence-electron chi connectivity index (χ0n) is 15.5. The van der Waals surface area contributed by atoms with Crippen LogP contribution in [-0.4, -0.2) is 18.1 Å². The lowest BCUT2D eigenvalue weighted by atomic mass is 9.96. The Morgan fingerprint density at radius 3 is 2.70 bits per heavy atom. The summed E-state index contributed by atoms with van der Waals surface area (Å²) >= 11 is 0. The Morgan fingerprint density at radius 2 is 1.85 bits per heavy atom. The monoisotopic (exact) mass is 362 g/mol. The van der Waals surface area contributed by atoms with E-state index in [1.54, 1.807) is 18.3 Å². The summed E-state index contributed by atoms with van der Waals surface area (Å²) in [4.78, 5) is 4.34. The molecule has 0 unspecified atom stereocenters. The molecule has 2 heterocycles. The summed E-state index contributed by atoms with van der Waals surface area (Å²) < 4.78 is 20.0. The highest BCUT2D eigenvalue weighted by Gasteiger charge is 2.13. The van der Waals surface area contributed by atoms with Crippen LogP contribution in [0.4, 0.5) is 4.39 Å². The van der Waals surface area contributed by atoms with Gasteiger partial charge < -0.3 is 10.1 Å². The van der Waals surface area contributed by atoms with Crippen molar-refractivity contribution in [3.05, 3.63) is 82.9 Å². The lowest BCUT2D eigenvalue weighted by molar-refractivity contribution is 0.302. The average molecular weight is 362 g/mol. The van der Waals surface area contributed by atoms with Crippen LogP contribution in [0.5, 0.6) is 5.75 Å². The zero-order chi connectivity index (χ0) is 18.6. The van der Waals surface area contributed by atoms with E-state index in [0.717, 1.165) is 48.3 Å². The van der Waals surface area contributed by atoms with E-state index in [4.69, 9.17) is 4.74 Å². The van der Waals surface area contributed by atoms with Gasteiger partial charge >= 0.3 is 0 Å². The molecule has 0 saturated carbocycles. The minimum absolute atomic E-state index is 0.261. The number of halogens is 1. The molecule has 4 heteroatoms. The number of rotatable bonds is 4. The van der Waals surface area contributed by atoms with E-state index in [0.29, 0.717) is 12.4 Å². The number of fused-ring (bicyclic) bond motifs is 1. The molecule has 1 N–H and O–H groups in total. The molecule has 1 aliphatic rings. The van der Waals surface area contributed by atoms with Gasteiger partial charge in [0, 0.05) is 11.8 Å². The van der Waals surface area contributed by atoms with Gasteiger partial charge in [-0.1, -0.05) is 18.2 Å². The molecule has 0 atom stereocenters. The highest BCUT2D eigenvalue weighted by molar-refractivity contribution is 5.71. The fourth-order valence-corrected chi connectivity index (χ4v) is 3.52. The van der Waals surface area contributed by atoms with E-state index in [-0.39, 0.29) is 5.82 Å². The van der Waals surface area contributed by atoms with Crippen LogP contribution in [0, 0.1) is 12.7 Å². The van der Waals surface area contributed by atoms with Gasteiger partial charge in [-0.25, -0.2) is 4.39 Å². The third kappa shape index (κ3) is 4.17. The summed E-state index contributed by atoms with van der Waals surface area (Å²) in [5, 5.41) is 3.43. The first-order valence-corrected chi connectivity index (χ1v) is 9.36. The summed E-state index contributed by atoms with van der Waals surface area (Å²) in [5.41, 5.74) is 6.46. The average Bonchev–Trinajstić information content (AvgIpc) is 2.92. The zero-order valence-corrected chi connectivity index (χ0v) is 15.5. The van der Waals surface area contributed by atoms with Crippen LogP contribution < -0.4 is 10.1 Å². The van der Waals surface area contributed by atoms with Crippen molar-refractivity contribution in [2.75, 3.05) is 13.1 Å². The second kappa shape index (κ2) is 7.89. The third-order valence-corrected chi connectivity index (χ3v) is 4.95. The number of hydrogen-bond donors (Lipinski definition) is 1. The fraction of sp³-hybridized carbons (Fsp3) is 0.261. The molecular weight excluding hydrogens is 339 g/mol. The third-order valence-electron chi connectivity index (χ3n) is 4.95. The first-order valence-electron chi connectivity index (χ1n) is 9.36. The Kier molecular flexibility index (Phi) is 5.16. The van der Waals surface area contributed by atoms with Gasteiger partial charge in [-0.3, -0.25) is 4.98 Å². The fourth-order valence-electron chi connectivity index (χ4n) is 3.52. The highest BCUT2D eigenvalue weighted by Crippen LogP contribution is 2.33. The van der Waals surface area contributed by atoms with Crippen molar-refractivity contribution in [1.82, 2.24) is 10.3 Å². The summed E-state index contributed by atoms with van der Waals surface area (Å²) in [6.07, 6.45) is 3.79. The van der Waals surface area contributed by atoms with Crippen LogP contribution in [0.3, 0.4) is 0 Å². The Bertz CT molecular complexity index is 955. The molecule has 3 aromatic rings. The molecule has 2 aromatic carbocycles. The normalized spacial score (nSPS) is 13.7. The number of aromatic nitrogens is 1. The van der Waals surface area contributed by atoms with E-state index in [1.165, 1.54) is 17.2 Å². The molecule has 3 nitrogen and oxygen atoms in total. The molecule has 138 valence electrons. The van der Waals surface area contributed by atoms with Crippen molar-refractivity contribution in [1.29, 1.82) is 0 Å². The maximum atomic E-state index is 14.0. The molecule has 1 aliphatic heterocycles. The summed E-state index contributed by atoms with van der Waals surface area (Å²) in [5.74, 6) is 0.411. The number of hydrogen-bond acceptors (Lipinski definition) is 3. The van der Waals surface area contributed by atoms with Crippen molar-refractivity contribution >= 4 is 0 Å². The van der Waals surface area contributed by atoms with Crippen molar-refractivity contribution in [3.8, 4) is 16.9 Å². The molecule has 0 amide bonds. The van der Waals surface area contributed by atoms with E-state index >= 15 is 0 Å². The van der Waals surface area contributed by atoms with Gasteiger partial charge in [0.2, 0.25) is 0 Å². The van der Waals surface area contributed by atoms with E-state index in [1.807, 2.05) is 19.1 Å². The molecule has 0 fully saturated rings. The number of nitrogens with one attached hydrogen (secondary N) is 1. The van der Waals surface area contributed by atoms with Crippen molar-refractivity contribution < 1.29 is 9.13 Å². The highest BCUT2D eigenvalue weighted by atomic mass is 19.1. The van der Waals surface area contributed by atoms with Gasteiger partial charge in [-0.2, -0.15) is 0 Å². The Labute approximate surface area is 159 Å². The van der Waals surface area contributed by atoms with Crippen LogP contribution in [0.1, 0.15) is 22.4 Å². The predicted octanol–water partition coefficient (Wildman–Crippen LogP) is 4.46. The Hall–Kier alpha value is -2.72. The minimum atomic E-state index is -0.261. The first kappa shape index (κ1) is 17.7. The molecule has 1 aromatic heterocycles. The van der Waals surface area contributed by atoms with Gasteiger partial charge in [0.05, 0.1) is 5.69 Å². The second-order valence-electron chi connectivity index (χ2n) is 6.99. The molecule has 0 radical (unpaired) electrons. The summed E-state index contributed by atoms with van der Waals surface area (Å²) in [6.45, 7) is 4.36. The SMILES string of the molecule is Cc1ccnc(COc2ccc(F)cc2-c2ccc3c(c2)CCNCC3)c1. The largest absolute Gasteiger partial charge is 0.487 e. The first-order chi connectivity index (χ1) is 13.2. The van der Waals surface area contributed by atoms with Gasteiger partial charge in [-0.15, -0.1) is 0 Å². The van der Waals surface area contributed by atoms with Crippen molar-refractivity contribution in [3.63, 3.8) is 0 Å². The van der Waals surface area contributed by atoms with Gasteiger partial charge in [0.1, 0.15) is 18.2 Å². The van der Waals surface area contributed by atoms with Gasteiger partial charge in [0.25, 0.3) is 0 Å². The molecule has 4 rings (SSSR count). The standard InChI is InChI=1S/C23H23FN2O/c1-16-6-11-26-21(12-16)15-27-23-5-4-20(24)14-22(23)19-3-2-17-7-9-25-10-8-18(17)13-19/h2-6,11-14,25H,7-10,15H2,1H3. The minimum Gasteiger partial charge on any atom is -0.487 e. The Balaban J connectivity index is 1.64. The number of nitrogens with zero attached hydrogens (tertiary/aromatic N) is 1. The molecule has 0 spiro atoms. The van der Waals surface area contributed by atoms with E-state index < -0.39 is 0 Å². The maximum absolute atomic E-state index is 14.0. The summed E-state index contributed by atoms with van der Waals surface area (Å²) in [7, 11) is 0. The van der Waals surface area contributed by atoms with Crippen LogP contribution >= 0.6 is 0 Å². The molecular formula is C23H23FN2O. The van der Waals surface area contributed by atoms with E-state index in [9.17, 15) is 4.39 Å². The smallest absolute Gasteiger partial charge is 0.130 e. The Morgan fingerprint density at radius 1 is 1.00 bits per heavy atom. The quantitative estimate of drug-likeness (QED) is 0.744. The van der Waals surface area contributed by atoms with Crippen LogP contribution in [-0.2, 0) is 19.4 Å². The molecule has 0 aliphatic carbocycles. The lowest BCUT2D eigenvalue weighted by Crippen LogP contribution is -2.16. The van der Waals surface area contributed by atoms with Crippen LogP contribution in [0.25, 0.3) is 11.1 Å². The lowest BCUT2D eigenvalue weighted by Gasteiger charge is -2.14. The second-order valence-corrected chi connectivity index (χ2v) is 6.99. The topological polar surface area (TPSA) is 34.1 Å². The predicted molar refractivity (Wildman–Crippen MR) is 105 cm³/mol. The van der Waals surface area contributed by atoms with Crippen molar-refractivity contribution in [2.45, 2.75) is 26.4 Å². The number of pyridine rings is 1. The van der Waals surface area contributed by atoms with Crippen LogP contribution in [0.2, 0.25) is 0 Å². The van der Waals surface area contributed by atoms with Gasteiger partial charge in [0.15, 0.2) is 0 Å². The van der Waals surface area contributed by atoms with E-state index in [2.05, 4.69) is 28.5 Å². The molecule has 0 bridgehead atoms. The number of benzene rings is 2. The molecule has 27 heavy (non-hydrogen) atoms. The number of aryl methyl sites for hydroxylation is 1. The maximum Gasteiger partial charge on any atom is 0.130 e. The summed E-state index contributed by atoms with van der Waals surface area (Å²) in [6, 6.07) is 15.1. The number of ether oxygens (including phenoxy) is 1. The molecule has 0 saturated heterocycles. The van der Waals surface area contributed by atoms with Gasteiger partial charge in [-0.05, 0) is 85.4 Å². The van der Waals surface area contributed by atoms with Crippen LogP contribution in [0.15, 0.2) is 54.7 Å².